The summed E-state index contributed by atoms with van der Waals surface area (Å²) in [5, 5.41) is 7.93. The predicted octanol–water partition coefficient (Wildman–Crippen LogP) is 2.51. The molecule has 0 bridgehead atoms. The second-order valence-electron chi connectivity index (χ2n) is 4.88. The van der Waals surface area contributed by atoms with E-state index in [1.54, 1.807) is 14.0 Å². The van der Waals surface area contributed by atoms with Crippen LogP contribution in [0.15, 0.2) is 16.8 Å². The number of hydrogen-bond acceptors (Lipinski definition) is 6. The van der Waals surface area contributed by atoms with E-state index in [0.717, 1.165) is 5.56 Å². The fraction of sp³-hybridized carbons (Fsp3) is 0.429. The van der Waals surface area contributed by atoms with Gasteiger partial charge in [0, 0.05) is 6.04 Å². The number of rotatable bonds is 6. The highest BCUT2D eigenvalue weighted by Crippen LogP contribution is 2.37. The zero-order valence-electron chi connectivity index (χ0n) is 12.2. The number of halogens is 1. The molecule has 0 saturated carbocycles. The number of hydrogen-bond donors (Lipinski definition) is 1. The molecule has 2 rings (SSSR count). The van der Waals surface area contributed by atoms with Crippen molar-refractivity contribution in [3.05, 3.63) is 34.1 Å². The third kappa shape index (κ3) is 3.86. The van der Waals surface area contributed by atoms with E-state index in [1.165, 1.54) is 0 Å². The zero-order chi connectivity index (χ0) is 15.4. The lowest BCUT2D eigenvalue weighted by Crippen LogP contribution is -2.17. The van der Waals surface area contributed by atoms with Crippen molar-refractivity contribution in [2.45, 2.75) is 32.9 Å². The first-order chi connectivity index (χ1) is 10.0. The molecule has 6 nitrogen and oxygen atoms in total. The molecule has 0 amide bonds. The van der Waals surface area contributed by atoms with E-state index < -0.39 is 0 Å². The molecule has 0 radical (unpaired) electrons. The van der Waals surface area contributed by atoms with Crippen LogP contribution in [-0.2, 0) is 13.0 Å². The van der Waals surface area contributed by atoms with Crippen LogP contribution in [0, 0.1) is 6.92 Å². The summed E-state index contributed by atoms with van der Waals surface area (Å²) in [4.78, 5) is 0. The van der Waals surface area contributed by atoms with Gasteiger partial charge in [-0.2, -0.15) is 0 Å². The fourth-order valence-electron chi connectivity index (χ4n) is 1.92. The molecule has 21 heavy (non-hydrogen) atoms. The van der Waals surface area contributed by atoms with Crippen molar-refractivity contribution in [3.63, 3.8) is 0 Å². The minimum absolute atomic E-state index is 0.0430. The molecule has 1 heterocycles. The lowest BCUT2D eigenvalue weighted by molar-refractivity contribution is 0.260. The van der Waals surface area contributed by atoms with Gasteiger partial charge in [-0.15, -0.1) is 0 Å². The van der Waals surface area contributed by atoms with Crippen LogP contribution in [0.3, 0.4) is 0 Å². The van der Waals surface area contributed by atoms with E-state index in [4.69, 9.17) is 26.8 Å². The van der Waals surface area contributed by atoms with Crippen molar-refractivity contribution >= 4 is 11.6 Å². The third-order valence-corrected chi connectivity index (χ3v) is 3.23. The number of ether oxygens (including phenoxy) is 2. The van der Waals surface area contributed by atoms with Crippen molar-refractivity contribution in [3.8, 4) is 11.5 Å². The highest BCUT2D eigenvalue weighted by atomic mass is 35.5. The second kappa shape index (κ2) is 6.78. The Balaban J connectivity index is 2.20. The number of aryl methyl sites for hydroxylation is 1. The van der Waals surface area contributed by atoms with Crippen LogP contribution in [0.5, 0.6) is 11.5 Å². The van der Waals surface area contributed by atoms with Crippen LogP contribution in [0.1, 0.15) is 23.9 Å². The van der Waals surface area contributed by atoms with E-state index in [0.29, 0.717) is 34.3 Å². The van der Waals surface area contributed by atoms with Gasteiger partial charge in [0.1, 0.15) is 18.0 Å². The Morgan fingerprint density at radius 1 is 1.38 bits per heavy atom. The summed E-state index contributed by atoms with van der Waals surface area (Å²) in [5.74, 6) is 1.03. The third-order valence-electron chi connectivity index (χ3n) is 2.95. The lowest BCUT2D eigenvalue weighted by atomic mass is 10.1. The van der Waals surface area contributed by atoms with Crippen molar-refractivity contribution in [2.24, 2.45) is 5.73 Å². The Morgan fingerprint density at radius 3 is 2.71 bits per heavy atom. The maximum atomic E-state index is 6.27. The number of aromatic nitrogens is 2. The molecular formula is C14H18ClN3O3. The Bertz CT molecular complexity index is 614. The smallest absolute Gasteiger partial charge is 0.180 e. The molecule has 1 atom stereocenters. The standard InChI is InChI=1S/C14H18ClN3O3/c1-8(16)4-10-5-11(15)14(13(6-10)19-3)20-7-12-9(2)17-21-18-12/h5-6,8H,4,7,16H2,1-3H3. The Kier molecular flexibility index (Phi) is 5.03. The average Bonchev–Trinajstić information content (AvgIpc) is 2.82. The molecule has 0 aliphatic rings. The topological polar surface area (TPSA) is 83.4 Å². The molecule has 0 saturated heterocycles. The summed E-state index contributed by atoms with van der Waals surface area (Å²) in [6.45, 7) is 3.93. The van der Waals surface area contributed by atoms with Gasteiger partial charge in [-0.25, -0.2) is 4.63 Å². The molecule has 0 spiro atoms. The predicted molar refractivity (Wildman–Crippen MR) is 78.7 cm³/mol. The lowest BCUT2D eigenvalue weighted by Gasteiger charge is -2.14. The van der Waals surface area contributed by atoms with Crippen molar-refractivity contribution in [1.82, 2.24) is 10.3 Å². The molecule has 1 unspecified atom stereocenters. The normalized spacial score (nSPS) is 12.2. The molecule has 2 aromatic rings. The van der Waals surface area contributed by atoms with Gasteiger partial charge in [0.25, 0.3) is 0 Å². The van der Waals surface area contributed by atoms with Gasteiger partial charge in [-0.05, 0) is 38.0 Å². The SMILES string of the molecule is COc1cc(CC(C)N)cc(Cl)c1OCc1nonc1C. The van der Waals surface area contributed by atoms with Crippen molar-refractivity contribution in [1.29, 1.82) is 0 Å². The van der Waals surface area contributed by atoms with E-state index in [-0.39, 0.29) is 12.6 Å². The van der Waals surface area contributed by atoms with Crippen LogP contribution in [0.2, 0.25) is 5.02 Å². The molecular weight excluding hydrogens is 294 g/mol. The molecule has 114 valence electrons. The maximum Gasteiger partial charge on any atom is 0.180 e. The molecule has 0 aliphatic heterocycles. The Hall–Kier alpha value is -1.79. The van der Waals surface area contributed by atoms with Gasteiger partial charge >= 0.3 is 0 Å². The van der Waals surface area contributed by atoms with Crippen molar-refractivity contribution < 1.29 is 14.1 Å². The summed E-state index contributed by atoms with van der Waals surface area (Å²) in [5.41, 5.74) is 8.10. The number of benzene rings is 1. The van der Waals surface area contributed by atoms with E-state index in [9.17, 15) is 0 Å². The molecule has 7 heteroatoms. The van der Waals surface area contributed by atoms with E-state index in [2.05, 4.69) is 14.9 Å². The molecule has 1 aromatic carbocycles. The number of methoxy groups -OCH3 is 1. The van der Waals surface area contributed by atoms with Crippen LogP contribution >= 0.6 is 11.6 Å². The second-order valence-corrected chi connectivity index (χ2v) is 5.28. The summed E-state index contributed by atoms with van der Waals surface area (Å²) >= 11 is 6.27. The summed E-state index contributed by atoms with van der Waals surface area (Å²) in [6.07, 6.45) is 0.711. The summed E-state index contributed by atoms with van der Waals surface area (Å²) < 4.78 is 15.7. The van der Waals surface area contributed by atoms with Gasteiger partial charge in [0.05, 0.1) is 12.1 Å². The van der Waals surface area contributed by atoms with Gasteiger partial charge in [-0.1, -0.05) is 21.9 Å². The minimum Gasteiger partial charge on any atom is -0.493 e. The first-order valence-corrected chi connectivity index (χ1v) is 6.92. The van der Waals surface area contributed by atoms with Crippen LogP contribution in [0.25, 0.3) is 0 Å². The van der Waals surface area contributed by atoms with Gasteiger partial charge < -0.3 is 15.2 Å². The fourth-order valence-corrected chi connectivity index (χ4v) is 2.21. The van der Waals surface area contributed by atoms with E-state index in [1.807, 2.05) is 19.1 Å². The molecule has 0 fully saturated rings. The van der Waals surface area contributed by atoms with Crippen LogP contribution in [0.4, 0.5) is 0 Å². The number of nitrogens with zero attached hydrogens (tertiary/aromatic N) is 2. The zero-order valence-corrected chi connectivity index (χ0v) is 13.0. The number of nitrogens with two attached hydrogens (primary N) is 1. The Morgan fingerprint density at radius 2 is 2.14 bits per heavy atom. The van der Waals surface area contributed by atoms with Crippen LogP contribution in [-0.4, -0.2) is 23.5 Å². The van der Waals surface area contributed by atoms with E-state index >= 15 is 0 Å². The highest BCUT2D eigenvalue weighted by molar-refractivity contribution is 6.32. The minimum atomic E-state index is 0.0430. The van der Waals surface area contributed by atoms with Gasteiger partial charge in [0.2, 0.25) is 0 Å². The summed E-state index contributed by atoms with van der Waals surface area (Å²) in [7, 11) is 1.57. The largest absolute Gasteiger partial charge is 0.493 e. The summed E-state index contributed by atoms with van der Waals surface area (Å²) in [6, 6.07) is 3.75. The Labute approximate surface area is 128 Å². The van der Waals surface area contributed by atoms with Crippen molar-refractivity contribution in [2.75, 3.05) is 7.11 Å². The van der Waals surface area contributed by atoms with Gasteiger partial charge in [0.15, 0.2) is 11.5 Å². The monoisotopic (exact) mass is 311 g/mol. The maximum absolute atomic E-state index is 6.27. The first-order valence-electron chi connectivity index (χ1n) is 6.54. The first kappa shape index (κ1) is 15.6. The molecule has 1 aromatic heterocycles. The highest BCUT2D eigenvalue weighted by Gasteiger charge is 2.15. The molecule has 2 N–H and O–H groups in total. The van der Waals surface area contributed by atoms with Crippen LogP contribution < -0.4 is 15.2 Å². The van der Waals surface area contributed by atoms with Gasteiger partial charge in [-0.3, -0.25) is 0 Å². The quantitative estimate of drug-likeness (QED) is 0.882. The molecule has 0 aliphatic carbocycles. The average molecular weight is 312 g/mol.